The van der Waals surface area contributed by atoms with Gasteiger partial charge in [0.05, 0.1) is 5.52 Å². The molecule has 2 aromatic rings. The van der Waals surface area contributed by atoms with Crippen molar-refractivity contribution >= 4 is 22.5 Å². The van der Waals surface area contributed by atoms with E-state index in [4.69, 9.17) is 17.3 Å². The summed E-state index contributed by atoms with van der Waals surface area (Å²) in [6.07, 6.45) is 1.57. The maximum Gasteiger partial charge on any atom is 0.345 e. The number of rotatable bonds is 3. The molecule has 1 heterocycles. The SMILES string of the molecule is NCCCc1[nH]c(=O)nc2cc(Cl)ccc12. The second kappa shape index (κ2) is 4.63. The van der Waals surface area contributed by atoms with E-state index in [1.54, 1.807) is 12.1 Å². The highest BCUT2D eigenvalue weighted by molar-refractivity contribution is 6.31. The molecule has 0 saturated heterocycles. The van der Waals surface area contributed by atoms with Gasteiger partial charge in [-0.15, -0.1) is 0 Å². The van der Waals surface area contributed by atoms with Crippen LogP contribution in [0.15, 0.2) is 23.0 Å². The normalized spacial score (nSPS) is 10.9. The predicted molar refractivity (Wildman–Crippen MR) is 64.7 cm³/mol. The molecule has 4 nitrogen and oxygen atoms in total. The van der Waals surface area contributed by atoms with Crippen LogP contribution < -0.4 is 11.4 Å². The summed E-state index contributed by atoms with van der Waals surface area (Å²) in [6, 6.07) is 5.35. The Morgan fingerprint density at radius 2 is 2.25 bits per heavy atom. The van der Waals surface area contributed by atoms with Crippen LogP contribution in [-0.2, 0) is 6.42 Å². The standard InChI is InChI=1S/C11H12ClN3O/c12-7-3-4-8-9(2-1-5-13)14-11(16)15-10(8)6-7/h3-4,6H,1-2,5,13H2,(H,14,15,16). The lowest BCUT2D eigenvalue weighted by Crippen LogP contribution is -2.14. The minimum Gasteiger partial charge on any atom is -0.330 e. The minimum absolute atomic E-state index is 0.346. The third-order valence-electron chi connectivity index (χ3n) is 2.40. The number of benzene rings is 1. The lowest BCUT2D eigenvalue weighted by atomic mass is 10.1. The van der Waals surface area contributed by atoms with Gasteiger partial charge in [0.15, 0.2) is 0 Å². The van der Waals surface area contributed by atoms with Crippen LogP contribution in [0.2, 0.25) is 5.02 Å². The average Bonchev–Trinajstić information content (AvgIpc) is 2.25. The summed E-state index contributed by atoms with van der Waals surface area (Å²) in [6.45, 7) is 0.597. The van der Waals surface area contributed by atoms with E-state index in [2.05, 4.69) is 9.97 Å². The van der Waals surface area contributed by atoms with Gasteiger partial charge >= 0.3 is 5.69 Å². The summed E-state index contributed by atoms with van der Waals surface area (Å²) in [5, 5.41) is 1.51. The first-order chi connectivity index (χ1) is 7.70. The Balaban J connectivity index is 2.58. The first-order valence-electron chi connectivity index (χ1n) is 5.09. The number of hydrogen-bond donors (Lipinski definition) is 2. The van der Waals surface area contributed by atoms with Crippen molar-refractivity contribution in [2.24, 2.45) is 5.73 Å². The molecule has 0 atom stereocenters. The van der Waals surface area contributed by atoms with Crippen LogP contribution in [0.5, 0.6) is 0 Å². The van der Waals surface area contributed by atoms with Crippen LogP contribution in [0.3, 0.4) is 0 Å². The van der Waals surface area contributed by atoms with E-state index in [0.717, 1.165) is 23.9 Å². The van der Waals surface area contributed by atoms with Gasteiger partial charge in [-0.2, -0.15) is 4.98 Å². The molecule has 0 fully saturated rings. The molecule has 1 aromatic heterocycles. The van der Waals surface area contributed by atoms with Crippen LogP contribution in [-0.4, -0.2) is 16.5 Å². The monoisotopic (exact) mass is 237 g/mol. The number of aromatic amines is 1. The molecule has 0 aliphatic heterocycles. The number of nitrogens with one attached hydrogen (secondary N) is 1. The van der Waals surface area contributed by atoms with Crippen LogP contribution >= 0.6 is 11.6 Å². The maximum atomic E-state index is 11.3. The van der Waals surface area contributed by atoms with Crippen molar-refractivity contribution in [3.63, 3.8) is 0 Å². The highest BCUT2D eigenvalue weighted by Crippen LogP contribution is 2.19. The fourth-order valence-corrected chi connectivity index (χ4v) is 1.83. The van der Waals surface area contributed by atoms with Crippen molar-refractivity contribution in [3.8, 4) is 0 Å². The number of H-pyrrole nitrogens is 1. The fraction of sp³-hybridized carbons (Fsp3) is 0.273. The van der Waals surface area contributed by atoms with Crippen molar-refractivity contribution in [2.75, 3.05) is 6.54 Å². The lowest BCUT2D eigenvalue weighted by molar-refractivity contribution is 0.808. The second-order valence-electron chi connectivity index (χ2n) is 3.57. The molecule has 5 heteroatoms. The van der Waals surface area contributed by atoms with Crippen LogP contribution in [0, 0.1) is 0 Å². The minimum atomic E-state index is -0.346. The molecular formula is C11H12ClN3O. The van der Waals surface area contributed by atoms with Gasteiger partial charge in [-0.05, 0) is 37.6 Å². The highest BCUT2D eigenvalue weighted by Gasteiger charge is 2.04. The van der Waals surface area contributed by atoms with E-state index >= 15 is 0 Å². The lowest BCUT2D eigenvalue weighted by Gasteiger charge is -2.04. The molecule has 0 saturated carbocycles. The van der Waals surface area contributed by atoms with Gasteiger partial charge in [0.25, 0.3) is 0 Å². The molecule has 0 bridgehead atoms. The third-order valence-corrected chi connectivity index (χ3v) is 2.63. The summed E-state index contributed by atoms with van der Waals surface area (Å²) < 4.78 is 0. The quantitative estimate of drug-likeness (QED) is 0.849. The molecular weight excluding hydrogens is 226 g/mol. The zero-order valence-corrected chi connectivity index (χ0v) is 9.42. The fourth-order valence-electron chi connectivity index (χ4n) is 1.66. The summed E-state index contributed by atoms with van der Waals surface area (Å²) in [5.74, 6) is 0. The van der Waals surface area contributed by atoms with Crippen molar-refractivity contribution in [1.29, 1.82) is 0 Å². The smallest absolute Gasteiger partial charge is 0.330 e. The molecule has 2 rings (SSSR count). The van der Waals surface area contributed by atoms with Crippen LogP contribution in [0.25, 0.3) is 10.9 Å². The average molecular weight is 238 g/mol. The first kappa shape index (κ1) is 11.1. The topological polar surface area (TPSA) is 71.8 Å². The van der Waals surface area contributed by atoms with Gasteiger partial charge < -0.3 is 10.7 Å². The highest BCUT2D eigenvalue weighted by atomic mass is 35.5. The van der Waals surface area contributed by atoms with E-state index < -0.39 is 0 Å². The third kappa shape index (κ3) is 2.23. The number of nitrogens with two attached hydrogens (primary N) is 1. The van der Waals surface area contributed by atoms with E-state index in [1.165, 1.54) is 0 Å². The first-order valence-corrected chi connectivity index (χ1v) is 5.47. The molecule has 16 heavy (non-hydrogen) atoms. The maximum absolute atomic E-state index is 11.3. The summed E-state index contributed by atoms with van der Waals surface area (Å²) in [4.78, 5) is 18.0. The predicted octanol–water partition coefficient (Wildman–Crippen LogP) is 1.47. The molecule has 3 N–H and O–H groups in total. The van der Waals surface area contributed by atoms with Gasteiger partial charge in [-0.1, -0.05) is 11.6 Å². The van der Waals surface area contributed by atoms with Crippen LogP contribution in [0.1, 0.15) is 12.1 Å². The van der Waals surface area contributed by atoms with E-state index in [-0.39, 0.29) is 5.69 Å². The van der Waals surface area contributed by atoms with Crippen molar-refractivity contribution in [2.45, 2.75) is 12.8 Å². The number of fused-ring (bicyclic) bond motifs is 1. The van der Waals surface area contributed by atoms with Crippen molar-refractivity contribution in [1.82, 2.24) is 9.97 Å². The number of aromatic nitrogens is 2. The molecule has 0 radical (unpaired) electrons. The summed E-state index contributed by atoms with van der Waals surface area (Å²) >= 11 is 5.86. The van der Waals surface area contributed by atoms with E-state index in [1.807, 2.05) is 6.07 Å². The number of nitrogens with zero attached hydrogens (tertiary/aromatic N) is 1. The molecule has 1 aromatic carbocycles. The Morgan fingerprint density at radius 3 is 3.00 bits per heavy atom. The zero-order valence-electron chi connectivity index (χ0n) is 8.66. The van der Waals surface area contributed by atoms with Gasteiger partial charge in [-0.3, -0.25) is 0 Å². The summed E-state index contributed by atoms with van der Waals surface area (Å²) in [7, 11) is 0. The molecule has 0 aliphatic rings. The van der Waals surface area contributed by atoms with E-state index in [0.29, 0.717) is 17.1 Å². The van der Waals surface area contributed by atoms with Gasteiger partial charge in [0.2, 0.25) is 0 Å². The molecule has 0 unspecified atom stereocenters. The number of halogens is 1. The number of hydrogen-bond acceptors (Lipinski definition) is 3. The molecule has 0 aliphatic carbocycles. The zero-order chi connectivity index (χ0) is 11.5. The molecule has 0 spiro atoms. The van der Waals surface area contributed by atoms with Gasteiger partial charge in [-0.25, -0.2) is 4.79 Å². The molecule has 84 valence electrons. The second-order valence-corrected chi connectivity index (χ2v) is 4.01. The Hall–Kier alpha value is -1.39. The van der Waals surface area contributed by atoms with E-state index in [9.17, 15) is 4.79 Å². The van der Waals surface area contributed by atoms with Gasteiger partial charge in [0.1, 0.15) is 0 Å². The van der Waals surface area contributed by atoms with Gasteiger partial charge in [0, 0.05) is 16.1 Å². The Labute approximate surface area is 97.5 Å². The number of aryl methyl sites for hydroxylation is 1. The van der Waals surface area contributed by atoms with Crippen LogP contribution in [0.4, 0.5) is 0 Å². The van der Waals surface area contributed by atoms with Crippen molar-refractivity contribution < 1.29 is 0 Å². The summed E-state index contributed by atoms with van der Waals surface area (Å²) in [5.41, 5.74) is 6.61. The Kier molecular flexibility index (Phi) is 3.22. The Bertz CT molecular complexity index is 565. The van der Waals surface area contributed by atoms with Crippen molar-refractivity contribution in [3.05, 3.63) is 39.4 Å². The Morgan fingerprint density at radius 1 is 1.44 bits per heavy atom. The molecule has 0 amide bonds. The largest absolute Gasteiger partial charge is 0.345 e.